The van der Waals surface area contributed by atoms with E-state index in [2.05, 4.69) is 6.08 Å². The van der Waals surface area contributed by atoms with Gasteiger partial charge in [0.1, 0.15) is 0 Å². The SMILES string of the molecule is CCN(C)C(=O)CCCCC(=O)N1CCC2CCCC=C2C1. The molecule has 1 aliphatic heterocycles. The first-order valence-electron chi connectivity index (χ1n) is 8.82. The van der Waals surface area contributed by atoms with Crippen LogP contribution in [0.25, 0.3) is 0 Å². The van der Waals surface area contributed by atoms with Crippen LogP contribution in [-0.4, -0.2) is 48.3 Å². The van der Waals surface area contributed by atoms with E-state index in [1.807, 2.05) is 18.9 Å². The van der Waals surface area contributed by atoms with Crippen LogP contribution in [0, 0.1) is 5.92 Å². The number of carbonyl (C=O) groups excluding carboxylic acids is 2. The summed E-state index contributed by atoms with van der Waals surface area (Å²) in [5.74, 6) is 1.18. The molecule has 22 heavy (non-hydrogen) atoms. The van der Waals surface area contributed by atoms with E-state index in [0.717, 1.165) is 44.8 Å². The largest absolute Gasteiger partial charge is 0.346 e. The zero-order chi connectivity index (χ0) is 15.9. The van der Waals surface area contributed by atoms with Crippen molar-refractivity contribution >= 4 is 11.8 Å². The van der Waals surface area contributed by atoms with Crippen LogP contribution >= 0.6 is 0 Å². The van der Waals surface area contributed by atoms with Crippen molar-refractivity contribution in [2.24, 2.45) is 5.92 Å². The molecule has 0 aromatic carbocycles. The number of carbonyl (C=O) groups is 2. The topological polar surface area (TPSA) is 40.6 Å². The van der Waals surface area contributed by atoms with Crippen molar-refractivity contribution in [1.82, 2.24) is 9.80 Å². The van der Waals surface area contributed by atoms with Gasteiger partial charge in [-0.2, -0.15) is 0 Å². The Morgan fingerprint density at radius 2 is 2.05 bits per heavy atom. The molecule has 2 rings (SSSR count). The van der Waals surface area contributed by atoms with Crippen LogP contribution in [0.15, 0.2) is 11.6 Å². The van der Waals surface area contributed by atoms with Gasteiger partial charge in [0.2, 0.25) is 11.8 Å². The fourth-order valence-electron chi connectivity index (χ4n) is 3.43. The van der Waals surface area contributed by atoms with Crippen molar-refractivity contribution in [3.8, 4) is 0 Å². The minimum absolute atomic E-state index is 0.183. The van der Waals surface area contributed by atoms with E-state index < -0.39 is 0 Å². The monoisotopic (exact) mass is 306 g/mol. The molecule has 2 amide bonds. The summed E-state index contributed by atoms with van der Waals surface area (Å²) in [7, 11) is 1.83. The van der Waals surface area contributed by atoms with E-state index in [1.54, 1.807) is 4.90 Å². The Kier molecular flexibility index (Phi) is 6.47. The number of allylic oxidation sites excluding steroid dienone is 1. The van der Waals surface area contributed by atoms with Crippen molar-refractivity contribution in [2.75, 3.05) is 26.7 Å². The highest BCUT2D eigenvalue weighted by Crippen LogP contribution is 2.32. The standard InChI is InChI=1S/C18H30N2O2/c1-3-19(2)17(21)10-6-7-11-18(22)20-13-12-15-8-4-5-9-16(15)14-20/h9,15H,3-8,10-14H2,1-2H3. The Bertz CT molecular complexity index is 431. The summed E-state index contributed by atoms with van der Waals surface area (Å²) < 4.78 is 0. The summed E-state index contributed by atoms with van der Waals surface area (Å²) in [5.41, 5.74) is 1.49. The van der Waals surface area contributed by atoms with Gasteiger partial charge in [0.25, 0.3) is 0 Å². The fraction of sp³-hybridized carbons (Fsp3) is 0.778. The first-order valence-corrected chi connectivity index (χ1v) is 8.82. The van der Waals surface area contributed by atoms with Crippen molar-refractivity contribution in [3.05, 3.63) is 11.6 Å². The van der Waals surface area contributed by atoms with Gasteiger partial charge in [-0.1, -0.05) is 11.6 Å². The molecule has 1 heterocycles. The number of rotatable bonds is 6. The van der Waals surface area contributed by atoms with Gasteiger partial charge in [-0.15, -0.1) is 0 Å². The normalized spacial score (nSPS) is 21.1. The third-order valence-corrected chi connectivity index (χ3v) is 5.09. The Hall–Kier alpha value is -1.32. The van der Waals surface area contributed by atoms with Gasteiger partial charge in [0, 0.05) is 39.5 Å². The molecule has 2 aliphatic rings. The second-order valence-corrected chi connectivity index (χ2v) is 6.63. The third kappa shape index (κ3) is 4.59. The number of nitrogens with zero attached hydrogens (tertiary/aromatic N) is 2. The number of unbranched alkanes of at least 4 members (excludes halogenated alkanes) is 1. The van der Waals surface area contributed by atoms with E-state index in [9.17, 15) is 9.59 Å². The molecular formula is C18H30N2O2. The molecule has 1 fully saturated rings. The summed E-state index contributed by atoms with van der Waals surface area (Å²) in [6.07, 6.45) is 10.1. The molecule has 4 heteroatoms. The number of hydrogen-bond acceptors (Lipinski definition) is 2. The fourth-order valence-corrected chi connectivity index (χ4v) is 3.43. The van der Waals surface area contributed by atoms with Gasteiger partial charge in [0.05, 0.1) is 0 Å². The summed E-state index contributed by atoms with van der Waals surface area (Å²) in [5, 5.41) is 0. The smallest absolute Gasteiger partial charge is 0.222 e. The van der Waals surface area contributed by atoms with Gasteiger partial charge < -0.3 is 9.80 Å². The number of amides is 2. The Labute approximate surface area is 134 Å². The number of piperidine rings is 1. The maximum absolute atomic E-state index is 12.3. The second-order valence-electron chi connectivity index (χ2n) is 6.63. The van der Waals surface area contributed by atoms with Gasteiger partial charge in [-0.05, 0) is 51.4 Å². The molecule has 0 aromatic rings. The maximum Gasteiger partial charge on any atom is 0.222 e. The van der Waals surface area contributed by atoms with E-state index in [4.69, 9.17) is 0 Å². The van der Waals surface area contributed by atoms with Crippen LogP contribution in [0.3, 0.4) is 0 Å². The first kappa shape index (κ1) is 17.0. The Balaban J connectivity index is 1.67. The van der Waals surface area contributed by atoms with E-state index in [-0.39, 0.29) is 11.8 Å². The molecule has 0 bridgehead atoms. The highest BCUT2D eigenvalue weighted by Gasteiger charge is 2.27. The lowest BCUT2D eigenvalue weighted by molar-refractivity contribution is -0.132. The van der Waals surface area contributed by atoms with E-state index in [1.165, 1.54) is 24.8 Å². The highest BCUT2D eigenvalue weighted by molar-refractivity contribution is 5.77. The van der Waals surface area contributed by atoms with Crippen molar-refractivity contribution < 1.29 is 9.59 Å². The zero-order valence-electron chi connectivity index (χ0n) is 14.1. The average Bonchev–Trinajstić information content (AvgIpc) is 2.57. The van der Waals surface area contributed by atoms with Gasteiger partial charge >= 0.3 is 0 Å². The van der Waals surface area contributed by atoms with Gasteiger partial charge in [0.15, 0.2) is 0 Å². The van der Waals surface area contributed by atoms with Crippen molar-refractivity contribution in [3.63, 3.8) is 0 Å². The van der Waals surface area contributed by atoms with Crippen LogP contribution in [0.2, 0.25) is 0 Å². The van der Waals surface area contributed by atoms with Crippen LogP contribution in [0.1, 0.15) is 58.3 Å². The lowest BCUT2D eigenvalue weighted by Gasteiger charge is -2.36. The predicted molar refractivity (Wildman–Crippen MR) is 88.4 cm³/mol. The molecule has 4 nitrogen and oxygen atoms in total. The average molecular weight is 306 g/mol. The number of likely N-dealkylation sites (tertiary alicyclic amines) is 1. The summed E-state index contributed by atoms with van der Waals surface area (Å²) in [6, 6.07) is 0. The molecule has 1 unspecified atom stereocenters. The van der Waals surface area contributed by atoms with Crippen molar-refractivity contribution in [1.29, 1.82) is 0 Å². The number of hydrogen-bond donors (Lipinski definition) is 0. The molecule has 1 aliphatic carbocycles. The lowest BCUT2D eigenvalue weighted by atomic mass is 9.82. The summed E-state index contributed by atoms with van der Waals surface area (Å²) in [4.78, 5) is 27.8. The van der Waals surface area contributed by atoms with Crippen molar-refractivity contribution in [2.45, 2.75) is 58.3 Å². The molecule has 0 N–H and O–H groups in total. The summed E-state index contributed by atoms with van der Waals surface area (Å²) in [6.45, 7) is 4.49. The minimum atomic E-state index is 0.183. The van der Waals surface area contributed by atoms with E-state index >= 15 is 0 Å². The van der Waals surface area contributed by atoms with Gasteiger partial charge in [-0.25, -0.2) is 0 Å². The molecule has 1 atom stereocenters. The second kappa shape index (κ2) is 8.35. The maximum atomic E-state index is 12.3. The highest BCUT2D eigenvalue weighted by atomic mass is 16.2. The van der Waals surface area contributed by atoms with Crippen LogP contribution in [0.4, 0.5) is 0 Å². The molecular weight excluding hydrogens is 276 g/mol. The minimum Gasteiger partial charge on any atom is -0.346 e. The molecule has 0 aromatic heterocycles. The van der Waals surface area contributed by atoms with E-state index in [0.29, 0.717) is 12.8 Å². The Morgan fingerprint density at radius 1 is 1.27 bits per heavy atom. The van der Waals surface area contributed by atoms with Crippen LogP contribution in [-0.2, 0) is 9.59 Å². The molecule has 1 saturated heterocycles. The van der Waals surface area contributed by atoms with Gasteiger partial charge in [-0.3, -0.25) is 9.59 Å². The number of fused-ring (bicyclic) bond motifs is 1. The van der Waals surface area contributed by atoms with Crippen LogP contribution < -0.4 is 0 Å². The Morgan fingerprint density at radius 3 is 2.82 bits per heavy atom. The first-order chi connectivity index (χ1) is 10.6. The zero-order valence-corrected chi connectivity index (χ0v) is 14.1. The van der Waals surface area contributed by atoms with Crippen LogP contribution in [0.5, 0.6) is 0 Å². The summed E-state index contributed by atoms with van der Waals surface area (Å²) >= 11 is 0. The third-order valence-electron chi connectivity index (χ3n) is 5.09. The lowest BCUT2D eigenvalue weighted by Crippen LogP contribution is -2.40. The molecule has 124 valence electrons. The molecule has 0 spiro atoms. The quantitative estimate of drug-likeness (QED) is 0.559. The molecule has 0 radical (unpaired) electrons. The predicted octanol–water partition coefficient (Wildman–Crippen LogP) is 2.98. The molecule has 0 saturated carbocycles.